The van der Waals surface area contributed by atoms with Crippen LogP contribution in [0.5, 0.6) is 11.5 Å². The highest BCUT2D eigenvalue weighted by Crippen LogP contribution is 2.28. The first kappa shape index (κ1) is 19.0. The number of ether oxygens (including phenoxy) is 2. The van der Waals surface area contributed by atoms with Gasteiger partial charge in [-0.05, 0) is 55.3 Å². The molecule has 0 spiro atoms. The van der Waals surface area contributed by atoms with Gasteiger partial charge in [0.2, 0.25) is 5.78 Å². The lowest BCUT2D eigenvalue weighted by atomic mass is 10.1. The van der Waals surface area contributed by atoms with E-state index in [9.17, 15) is 14.4 Å². The number of amides is 2. The van der Waals surface area contributed by atoms with Crippen LogP contribution < -0.4 is 20.5 Å². The van der Waals surface area contributed by atoms with Gasteiger partial charge < -0.3 is 20.5 Å². The topological polar surface area (TPSA) is 108 Å². The Morgan fingerprint density at radius 1 is 1.00 bits per heavy atom. The van der Waals surface area contributed by atoms with E-state index in [0.29, 0.717) is 5.69 Å². The number of nitrogens with two attached hydrogens (primary N) is 1. The summed E-state index contributed by atoms with van der Waals surface area (Å²) >= 11 is 0. The van der Waals surface area contributed by atoms with Crippen molar-refractivity contribution in [3.8, 4) is 11.5 Å². The molecule has 0 saturated carbocycles. The summed E-state index contributed by atoms with van der Waals surface area (Å²) in [7, 11) is 1.39. The van der Waals surface area contributed by atoms with Crippen LogP contribution in [-0.2, 0) is 9.59 Å². The zero-order valence-corrected chi connectivity index (χ0v) is 14.8. The van der Waals surface area contributed by atoms with Gasteiger partial charge >= 0.3 is 0 Å². The number of Topliss-reactive ketones (excluding diaryl/α,β-unsaturated/α-hetero) is 1. The maximum absolute atomic E-state index is 12.1. The molecule has 2 aromatic carbocycles. The van der Waals surface area contributed by atoms with Crippen molar-refractivity contribution in [1.29, 1.82) is 0 Å². The summed E-state index contributed by atoms with van der Waals surface area (Å²) in [6.07, 6.45) is 0. The summed E-state index contributed by atoms with van der Waals surface area (Å²) in [5.74, 6) is -1.74. The van der Waals surface area contributed by atoms with Gasteiger partial charge in [-0.3, -0.25) is 14.4 Å². The lowest BCUT2D eigenvalue weighted by Gasteiger charge is -2.12. The average Bonchev–Trinajstić information content (AvgIpc) is 2.58. The van der Waals surface area contributed by atoms with E-state index in [-0.39, 0.29) is 29.6 Å². The molecule has 0 aliphatic heterocycles. The number of benzene rings is 2. The quantitative estimate of drug-likeness (QED) is 0.583. The van der Waals surface area contributed by atoms with Crippen molar-refractivity contribution in [1.82, 2.24) is 0 Å². The van der Waals surface area contributed by atoms with Gasteiger partial charge in [0.1, 0.15) is 0 Å². The van der Waals surface area contributed by atoms with Gasteiger partial charge in [-0.15, -0.1) is 0 Å². The van der Waals surface area contributed by atoms with E-state index in [1.54, 1.807) is 0 Å². The molecule has 2 aromatic rings. The number of ketones is 1. The SMILES string of the molecule is COc1cc(C(=O)C(N)=O)ccc1OCC(=O)Nc1cc(C)cc(C)c1. The van der Waals surface area contributed by atoms with Crippen LogP contribution in [0.2, 0.25) is 0 Å². The molecule has 0 fully saturated rings. The molecule has 0 saturated heterocycles. The van der Waals surface area contributed by atoms with Gasteiger partial charge in [-0.25, -0.2) is 0 Å². The summed E-state index contributed by atoms with van der Waals surface area (Å²) in [5, 5.41) is 2.76. The standard InChI is InChI=1S/C19H20N2O5/c1-11-6-12(2)8-14(7-11)21-17(22)10-26-15-5-4-13(9-16(15)25-3)18(23)19(20)24/h4-9H,10H2,1-3H3,(H2,20,24)(H,21,22). The minimum atomic E-state index is -1.06. The second kappa shape index (κ2) is 8.15. The van der Waals surface area contributed by atoms with Gasteiger partial charge in [0, 0.05) is 11.3 Å². The van der Waals surface area contributed by atoms with E-state index in [1.807, 2.05) is 32.0 Å². The largest absolute Gasteiger partial charge is 0.493 e. The smallest absolute Gasteiger partial charge is 0.289 e. The first-order valence-electron chi connectivity index (χ1n) is 7.83. The third-order valence-corrected chi connectivity index (χ3v) is 3.51. The normalized spacial score (nSPS) is 10.1. The van der Waals surface area contributed by atoms with Crippen LogP contribution in [0.3, 0.4) is 0 Å². The van der Waals surface area contributed by atoms with Crippen molar-refractivity contribution < 1.29 is 23.9 Å². The Kier molecular flexibility index (Phi) is 5.95. The molecule has 3 N–H and O–H groups in total. The zero-order chi connectivity index (χ0) is 19.3. The molecule has 0 bridgehead atoms. The molecule has 0 unspecified atom stereocenters. The molecule has 7 nitrogen and oxygen atoms in total. The Labute approximate surface area is 151 Å². The summed E-state index contributed by atoms with van der Waals surface area (Å²) < 4.78 is 10.6. The lowest BCUT2D eigenvalue weighted by molar-refractivity contribution is -0.118. The van der Waals surface area contributed by atoms with E-state index < -0.39 is 11.7 Å². The van der Waals surface area contributed by atoms with Crippen LogP contribution in [0.15, 0.2) is 36.4 Å². The first-order valence-corrected chi connectivity index (χ1v) is 7.83. The monoisotopic (exact) mass is 356 g/mol. The number of carbonyl (C=O) groups is 3. The van der Waals surface area contributed by atoms with E-state index >= 15 is 0 Å². The van der Waals surface area contributed by atoms with Crippen LogP contribution >= 0.6 is 0 Å². The fourth-order valence-electron chi connectivity index (χ4n) is 2.46. The van der Waals surface area contributed by atoms with Crippen molar-refractivity contribution >= 4 is 23.3 Å². The van der Waals surface area contributed by atoms with Crippen molar-refractivity contribution in [3.05, 3.63) is 53.1 Å². The summed E-state index contributed by atoms with van der Waals surface area (Å²) in [6, 6.07) is 9.88. The number of primary amides is 1. The third-order valence-electron chi connectivity index (χ3n) is 3.51. The third kappa shape index (κ3) is 4.83. The maximum atomic E-state index is 12.1. The fraction of sp³-hybridized carbons (Fsp3) is 0.211. The Bertz CT molecular complexity index is 841. The highest BCUT2D eigenvalue weighted by atomic mass is 16.5. The Morgan fingerprint density at radius 2 is 1.65 bits per heavy atom. The molecule has 0 aliphatic rings. The fourth-order valence-corrected chi connectivity index (χ4v) is 2.46. The number of nitrogens with one attached hydrogen (secondary N) is 1. The molecule has 0 aliphatic carbocycles. The highest BCUT2D eigenvalue weighted by molar-refractivity contribution is 6.42. The molecule has 7 heteroatoms. The Morgan fingerprint density at radius 3 is 2.23 bits per heavy atom. The van der Waals surface area contributed by atoms with Crippen LogP contribution in [0.4, 0.5) is 5.69 Å². The molecular formula is C19H20N2O5. The molecule has 0 heterocycles. The van der Waals surface area contributed by atoms with Gasteiger partial charge in [0.25, 0.3) is 11.8 Å². The molecule has 0 atom stereocenters. The number of anilines is 1. The van der Waals surface area contributed by atoms with Gasteiger partial charge in [0.15, 0.2) is 18.1 Å². The summed E-state index contributed by atoms with van der Waals surface area (Å²) in [6.45, 7) is 3.64. The molecule has 0 radical (unpaired) electrons. The predicted molar refractivity (Wildman–Crippen MR) is 96.6 cm³/mol. The minimum Gasteiger partial charge on any atom is -0.493 e. The maximum Gasteiger partial charge on any atom is 0.289 e. The number of carbonyl (C=O) groups excluding carboxylic acids is 3. The Hall–Kier alpha value is -3.35. The highest BCUT2D eigenvalue weighted by Gasteiger charge is 2.16. The molecule has 136 valence electrons. The number of aryl methyl sites for hydroxylation is 2. The number of rotatable bonds is 7. The molecule has 2 rings (SSSR count). The first-order chi connectivity index (χ1) is 12.3. The zero-order valence-electron chi connectivity index (χ0n) is 14.8. The van der Waals surface area contributed by atoms with Crippen LogP contribution in [0, 0.1) is 13.8 Å². The second-order valence-corrected chi connectivity index (χ2v) is 5.77. The van der Waals surface area contributed by atoms with E-state index in [1.165, 1.54) is 25.3 Å². The number of hydrogen-bond acceptors (Lipinski definition) is 5. The average molecular weight is 356 g/mol. The summed E-state index contributed by atoms with van der Waals surface area (Å²) in [5.41, 5.74) is 7.83. The number of hydrogen-bond donors (Lipinski definition) is 2. The predicted octanol–water partition coefficient (Wildman–Crippen LogP) is 2.00. The molecule has 2 amide bonds. The summed E-state index contributed by atoms with van der Waals surface area (Å²) in [4.78, 5) is 34.7. The van der Waals surface area contributed by atoms with E-state index in [4.69, 9.17) is 15.2 Å². The molecular weight excluding hydrogens is 336 g/mol. The van der Waals surface area contributed by atoms with Crippen molar-refractivity contribution in [2.45, 2.75) is 13.8 Å². The van der Waals surface area contributed by atoms with E-state index in [0.717, 1.165) is 11.1 Å². The minimum absolute atomic E-state index is 0.0846. The second-order valence-electron chi connectivity index (χ2n) is 5.77. The number of methoxy groups -OCH3 is 1. The van der Waals surface area contributed by atoms with E-state index in [2.05, 4.69) is 5.32 Å². The van der Waals surface area contributed by atoms with Crippen molar-refractivity contribution in [2.24, 2.45) is 5.73 Å². The van der Waals surface area contributed by atoms with Crippen LogP contribution in [-0.4, -0.2) is 31.3 Å². The van der Waals surface area contributed by atoms with Crippen molar-refractivity contribution in [3.63, 3.8) is 0 Å². The molecule has 26 heavy (non-hydrogen) atoms. The lowest BCUT2D eigenvalue weighted by Crippen LogP contribution is -2.23. The Balaban J connectivity index is 2.05. The van der Waals surface area contributed by atoms with Gasteiger partial charge in [-0.2, -0.15) is 0 Å². The van der Waals surface area contributed by atoms with Crippen LogP contribution in [0.25, 0.3) is 0 Å². The van der Waals surface area contributed by atoms with Gasteiger partial charge in [-0.1, -0.05) is 6.07 Å². The molecule has 0 aromatic heterocycles. The van der Waals surface area contributed by atoms with Crippen LogP contribution in [0.1, 0.15) is 21.5 Å². The van der Waals surface area contributed by atoms with Crippen molar-refractivity contribution in [2.75, 3.05) is 19.0 Å². The van der Waals surface area contributed by atoms with Gasteiger partial charge in [0.05, 0.1) is 7.11 Å².